The molecule has 0 spiro atoms. The Kier molecular flexibility index (Phi) is 9.83. The van der Waals surface area contributed by atoms with Crippen molar-refractivity contribution >= 4 is 45.1 Å². The summed E-state index contributed by atoms with van der Waals surface area (Å²) < 4.78 is 17.2. The summed E-state index contributed by atoms with van der Waals surface area (Å²) in [7, 11) is 5.22. The quantitative estimate of drug-likeness (QED) is 0.362. The Hall–Kier alpha value is -0.740. The largest absolute Gasteiger partial charge is 0.383 e. The molecule has 2 aromatic carbocycles. The molecule has 0 fully saturated rings. The van der Waals surface area contributed by atoms with Crippen LogP contribution in [0.3, 0.4) is 0 Å². The van der Waals surface area contributed by atoms with E-state index in [9.17, 15) is 0 Å². The van der Waals surface area contributed by atoms with Crippen LogP contribution in [0.15, 0.2) is 60.5 Å². The summed E-state index contributed by atoms with van der Waals surface area (Å²) >= 11 is 7.32. The maximum Gasteiger partial charge on any atom is 0.0676 e. The first-order chi connectivity index (χ1) is 14.6. The van der Waals surface area contributed by atoms with Gasteiger partial charge in [0.1, 0.15) is 0 Å². The van der Waals surface area contributed by atoms with Crippen LogP contribution >= 0.6 is 39.5 Å². The molecule has 8 heteroatoms. The molecule has 30 heavy (non-hydrogen) atoms. The summed E-state index contributed by atoms with van der Waals surface area (Å²) in [5.41, 5.74) is 1.11. The van der Waals surface area contributed by atoms with Crippen molar-refractivity contribution in [2.75, 3.05) is 66.1 Å². The van der Waals surface area contributed by atoms with E-state index in [4.69, 9.17) is 14.2 Å². The second-order valence-corrected chi connectivity index (χ2v) is 10.0. The van der Waals surface area contributed by atoms with Crippen molar-refractivity contribution < 1.29 is 14.2 Å². The number of benzene rings is 2. The first-order valence-corrected chi connectivity index (χ1v) is 12.3. The molecule has 0 radical (unpaired) electrons. The third kappa shape index (κ3) is 6.63. The molecule has 0 aromatic heterocycles. The van der Waals surface area contributed by atoms with Gasteiger partial charge in [-0.25, -0.2) is 0 Å². The Morgan fingerprint density at radius 1 is 0.933 bits per heavy atom. The van der Waals surface area contributed by atoms with Gasteiger partial charge < -0.3 is 19.5 Å². The highest BCUT2D eigenvalue weighted by Gasteiger charge is 2.20. The topological polar surface area (TPSA) is 43.0 Å². The van der Waals surface area contributed by atoms with Crippen molar-refractivity contribution in [1.82, 2.24) is 4.90 Å². The monoisotopic (exact) mass is 512 g/mol. The fraction of sp³-hybridized carbons (Fsp3) is 0.455. The fourth-order valence-electron chi connectivity index (χ4n) is 3.28. The van der Waals surface area contributed by atoms with Gasteiger partial charge in [0.25, 0.3) is 0 Å². The van der Waals surface area contributed by atoms with Crippen molar-refractivity contribution in [3.63, 3.8) is 0 Å². The third-order valence-corrected chi connectivity index (χ3v) is 8.27. The summed E-state index contributed by atoms with van der Waals surface area (Å²) in [6, 6.07) is 13.1. The molecule has 1 heterocycles. The van der Waals surface area contributed by atoms with Crippen LogP contribution < -0.4 is 5.32 Å². The molecule has 0 saturated heterocycles. The Bertz CT molecular complexity index is 817. The smallest absolute Gasteiger partial charge is 0.0676 e. The molecule has 1 N–H and O–H groups in total. The molecule has 1 aliphatic rings. The maximum absolute atomic E-state index is 5.49. The van der Waals surface area contributed by atoms with Gasteiger partial charge in [-0.2, -0.15) is 0 Å². The van der Waals surface area contributed by atoms with Gasteiger partial charge in [0.05, 0.1) is 25.9 Å². The number of anilines is 1. The Morgan fingerprint density at radius 3 is 2.40 bits per heavy atom. The minimum absolute atomic E-state index is 0.171. The van der Waals surface area contributed by atoms with Gasteiger partial charge in [-0.3, -0.25) is 4.90 Å². The molecule has 0 bridgehead atoms. The summed E-state index contributed by atoms with van der Waals surface area (Å²) in [5.74, 6) is 0. The molecule has 2 aromatic rings. The molecule has 1 aliphatic heterocycles. The summed E-state index contributed by atoms with van der Waals surface area (Å²) in [5, 5.41) is 3.67. The van der Waals surface area contributed by atoms with Crippen LogP contribution in [0, 0.1) is 0 Å². The third-order valence-electron chi connectivity index (χ3n) is 4.75. The number of halogens is 1. The molecular weight excluding hydrogens is 484 g/mol. The van der Waals surface area contributed by atoms with Gasteiger partial charge in [0.2, 0.25) is 0 Å². The second-order valence-electron chi connectivity index (χ2n) is 7.02. The zero-order valence-corrected chi connectivity index (χ0v) is 20.9. The number of hydrogen-bond acceptors (Lipinski definition) is 7. The minimum atomic E-state index is 0.171. The van der Waals surface area contributed by atoms with E-state index in [2.05, 4.69) is 62.5 Å². The van der Waals surface area contributed by atoms with Crippen molar-refractivity contribution in [1.29, 1.82) is 0 Å². The maximum atomic E-state index is 5.49. The normalized spacial score (nSPS) is 13.8. The SMILES string of the molecule is COCCN(CCOC)CC(COC)Nc1ccc2c(c1)Sc1cccc(Br)c1S2. The lowest BCUT2D eigenvalue weighted by atomic mass is 10.2. The number of rotatable bonds is 12. The first kappa shape index (κ1) is 23.9. The highest BCUT2D eigenvalue weighted by atomic mass is 79.9. The average Bonchev–Trinajstić information content (AvgIpc) is 2.75. The van der Waals surface area contributed by atoms with E-state index in [1.807, 2.05) is 23.5 Å². The molecule has 0 amide bonds. The van der Waals surface area contributed by atoms with E-state index in [0.717, 1.165) is 29.8 Å². The molecule has 3 rings (SSSR count). The van der Waals surface area contributed by atoms with E-state index >= 15 is 0 Å². The second kappa shape index (κ2) is 12.3. The van der Waals surface area contributed by atoms with Gasteiger partial charge in [-0.15, -0.1) is 0 Å². The minimum Gasteiger partial charge on any atom is -0.383 e. The van der Waals surface area contributed by atoms with Gasteiger partial charge in [-0.05, 0) is 46.3 Å². The van der Waals surface area contributed by atoms with E-state index < -0.39 is 0 Å². The first-order valence-electron chi connectivity index (χ1n) is 9.88. The van der Waals surface area contributed by atoms with Crippen LogP contribution in [0.1, 0.15) is 0 Å². The number of nitrogens with zero attached hydrogens (tertiary/aromatic N) is 1. The zero-order valence-electron chi connectivity index (χ0n) is 17.7. The van der Waals surface area contributed by atoms with Crippen LogP contribution in [0.5, 0.6) is 0 Å². The van der Waals surface area contributed by atoms with E-state index in [-0.39, 0.29) is 6.04 Å². The van der Waals surface area contributed by atoms with Crippen LogP contribution in [0.4, 0.5) is 5.69 Å². The lowest BCUT2D eigenvalue weighted by Gasteiger charge is -2.28. The van der Waals surface area contributed by atoms with E-state index in [1.165, 1.54) is 19.6 Å². The van der Waals surface area contributed by atoms with E-state index in [0.29, 0.717) is 19.8 Å². The van der Waals surface area contributed by atoms with Crippen molar-refractivity contribution in [2.45, 2.75) is 25.6 Å². The summed E-state index contributed by atoms with van der Waals surface area (Å²) in [6.45, 7) is 4.62. The average molecular weight is 514 g/mol. The molecule has 5 nitrogen and oxygen atoms in total. The predicted molar refractivity (Wildman–Crippen MR) is 128 cm³/mol. The molecular formula is C22H29BrN2O3S2. The molecule has 1 unspecified atom stereocenters. The number of nitrogens with one attached hydrogen (secondary N) is 1. The Morgan fingerprint density at radius 2 is 1.70 bits per heavy atom. The highest BCUT2D eigenvalue weighted by Crippen LogP contribution is 2.51. The van der Waals surface area contributed by atoms with Crippen LogP contribution in [0.25, 0.3) is 0 Å². The van der Waals surface area contributed by atoms with Crippen LogP contribution in [-0.2, 0) is 14.2 Å². The standard InChI is InChI=1S/C22H29BrN2O3S2/c1-26-11-9-25(10-12-27-2)14-17(15-28-3)24-16-7-8-19-21(13-16)29-20-6-4-5-18(23)22(20)30-19/h4-8,13,17,24H,9-12,14-15H2,1-3H3. The number of ether oxygens (including phenoxy) is 3. The predicted octanol–water partition coefficient (Wildman–Crippen LogP) is 5.09. The van der Waals surface area contributed by atoms with Gasteiger partial charge in [0.15, 0.2) is 0 Å². The number of fused-ring (bicyclic) bond motifs is 2. The number of methoxy groups -OCH3 is 3. The van der Waals surface area contributed by atoms with Crippen LogP contribution in [0.2, 0.25) is 0 Å². The molecule has 0 saturated carbocycles. The van der Waals surface area contributed by atoms with Gasteiger partial charge >= 0.3 is 0 Å². The Balaban J connectivity index is 1.69. The van der Waals surface area contributed by atoms with Crippen molar-refractivity contribution in [3.05, 3.63) is 40.9 Å². The lowest BCUT2D eigenvalue weighted by Crippen LogP contribution is -2.42. The highest BCUT2D eigenvalue weighted by molar-refractivity contribution is 9.10. The molecule has 164 valence electrons. The van der Waals surface area contributed by atoms with Crippen LogP contribution in [-0.4, -0.2) is 71.7 Å². The summed E-state index contributed by atoms with van der Waals surface area (Å²) in [4.78, 5) is 7.50. The van der Waals surface area contributed by atoms with Gasteiger partial charge in [-0.1, -0.05) is 29.6 Å². The molecule has 1 atom stereocenters. The van der Waals surface area contributed by atoms with Gasteiger partial charge in [0, 0.05) is 70.7 Å². The molecule has 0 aliphatic carbocycles. The Labute approximate surface area is 196 Å². The number of hydrogen-bond donors (Lipinski definition) is 1. The lowest BCUT2D eigenvalue weighted by molar-refractivity contribution is 0.100. The zero-order chi connectivity index (χ0) is 21.3. The van der Waals surface area contributed by atoms with E-state index in [1.54, 1.807) is 21.3 Å². The summed E-state index contributed by atoms with van der Waals surface area (Å²) in [6.07, 6.45) is 0. The van der Waals surface area contributed by atoms with Crippen molar-refractivity contribution in [2.24, 2.45) is 0 Å². The van der Waals surface area contributed by atoms with Crippen molar-refractivity contribution in [3.8, 4) is 0 Å². The fourth-order valence-corrected chi connectivity index (χ4v) is 6.31.